The molecule has 4 N–H and O–H groups in total. The van der Waals surface area contributed by atoms with E-state index in [-0.39, 0.29) is 11.6 Å². The van der Waals surface area contributed by atoms with Crippen LogP contribution in [0.5, 0.6) is 0 Å². The second-order valence-corrected chi connectivity index (χ2v) is 7.56. The average Bonchev–Trinajstić information content (AvgIpc) is 3.39. The number of fused-ring (bicyclic) bond motifs is 4. The van der Waals surface area contributed by atoms with Gasteiger partial charge in [-0.05, 0) is 60.6 Å². The minimum atomic E-state index is -1.60. The molecule has 0 spiro atoms. The van der Waals surface area contributed by atoms with Crippen LogP contribution >= 0.6 is 0 Å². The fourth-order valence-electron chi connectivity index (χ4n) is 4.19. The Morgan fingerprint density at radius 3 is 2.86 bits per heavy atom. The van der Waals surface area contributed by atoms with Crippen LogP contribution < -0.4 is 11.1 Å². The van der Waals surface area contributed by atoms with E-state index in [1.54, 1.807) is 12.1 Å². The summed E-state index contributed by atoms with van der Waals surface area (Å²) < 4.78 is 19.6. The van der Waals surface area contributed by atoms with Crippen LogP contribution in [0.3, 0.4) is 0 Å². The molecule has 1 fully saturated rings. The van der Waals surface area contributed by atoms with Crippen molar-refractivity contribution in [3.63, 3.8) is 0 Å². The summed E-state index contributed by atoms with van der Waals surface area (Å²) in [6.45, 7) is 4.86. The molecule has 6 nitrogen and oxygen atoms in total. The summed E-state index contributed by atoms with van der Waals surface area (Å²) in [5.41, 5.74) is 9.43. The fraction of sp³-hybridized carbons (Fsp3) is 0.273. The number of hydrogen-bond donors (Lipinski definition) is 3. The first-order chi connectivity index (χ1) is 14.0. The first-order valence-electron chi connectivity index (χ1n) is 9.58. The number of hydrogen-bond acceptors (Lipinski definition) is 6. The van der Waals surface area contributed by atoms with Gasteiger partial charge in [-0.2, -0.15) is 0 Å². The maximum absolute atomic E-state index is 13.4. The van der Waals surface area contributed by atoms with Gasteiger partial charge in [0.2, 0.25) is 0 Å². The highest BCUT2D eigenvalue weighted by atomic mass is 19.1. The maximum atomic E-state index is 13.4. The quantitative estimate of drug-likeness (QED) is 0.258. The first-order valence-corrected chi connectivity index (χ1v) is 9.58. The van der Waals surface area contributed by atoms with Gasteiger partial charge in [-0.25, -0.2) is 4.39 Å². The molecule has 3 unspecified atom stereocenters. The molecule has 0 saturated heterocycles. The lowest BCUT2D eigenvalue weighted by molar-refractivity contribution is -0.324. The minimum Gasteiger partial charge on any atom is -0.455 e. The van der Waals surface area contributed by atoms with Crippen molar-refractivity contribution in [2.75, 3.05) is 11.9 Å². The Morgan fingerprint density at radius 2 is 2.10 bits per heavy atom. The molecule has 1 aliphatic heterocycles. The Labute approximate surface area is 166 Å². The SMILES string of the molecule is C=C(OOC(N)O)c1c(-c2ccc(F)cc2)oc2cc3c(cc12)C1CC1CCN3. The normalized spacial score (nSPS) is 20.9. The summed E-state index contributed by atoms with van der Waals surface area (Å²) in [4.78, 5) is 9.80. The molecular weight excluding hydrogens is 375 g/mol. The molecule has 7 heteroatoms. The van der Waals surface area contributed by atoms with E-state index in [1.807, 2.05) is 6.07 Å². The van der Waals surface area contributed by atoms with Crippen LogP contribution in [0.2, 0.25) is 0 Å². The van der Waals surface area contributed by atoms with E-state index < -0.39 is 6.41 Å². The van der Waals surface area contributed by atoms with E-state index >= 15 is 0 Å². The standard InChI is InChI=1S/C22H21FN2O4/c1-11(28-29-22(24)26)20-17-9-16-15-8-13(15)6-7-25-18(16)10-19(17)27-21(20)12-2-4-14(23)5-3-12/h2-5,9-10,13,15,22,25-26H,1,6-8,24H2. The van der Waals surface area contributed by atoms with Crippen molar-refractivity contribution < 1.29 is 23.7 Å². The number of halogens is 1. The summed E-state index contributed by atoms with van der Waals surface area (Å²) in [5, 5.41) is 13.5. The molecule has 0 amide bonds. The van der Waals surface area contributed by atoms with Gasteiger partial charge in [0.15, 0.2) is 5.76 Å². The number of nitrogens with two attached hydrogens (primary N) is 1. The third-order valence-electron chi connectivity index (χ3n) is 5.65. The number of benzene rings is 2. The lowest BCUT2D eigenvalue weighted by atomic mass is 10.00. The summed E-state index contributed by atoms with van der Waals surface area (Å²) in [5.74, 6) is 1.53. The molecule has 3 aromatic rings. The molecule has 29 heavy (non-hydrogen) atoms. The predicted molar refractivity (Wildman–Crippen MR) is 107 cm³/mol. The van der Waals surface area contributed by atoms with Crippen LogP contribution in [0.25, 0.3) is 28.1 Å². The van der Waals surface area contributed by atoms with Crippen molar-refractivity contribution in [1.82, 2.24) is 0 Å². The van der Waals surface area contributed by atoms with Gasteiger partial charge in [0.25, 0.3) is 6.41 Å². The lowest BCUT2D eigenvalue weighted by Crippen LogP contribution is -2.22. The highest BCUT2D eigenvalue weighted by Crippen LogP contribution is 2.54. The van der Waals surface area contributed by atoms with Crippen molar-refractivity contribution in [3.05, 3.63) is 59.9 Å². The first kappa shape index (κ1) is 18.2. The zero-order valence-corrected chi connectivity index (χ0v) is 15.7. The Bertz CT molecular complexity index is 1090. The van der Waals surface area contributed by atoms with Crippen molar-refractivity contribution in [2.45, 2.75) is 25.2 Å². The van der Waals surface area contributed by atoms with Gasteiger partial charge >= 0.3 is 0 Å². The van der Waals surface area contributed by atoms with Gasteiger partial charge < -0.3 is 19.7 Å². The van der Waals surface area contributed by atoms with Crippen LogP contribution in [-0.2, 0) is 9.78 Å². The molecular formula is C22H21FN2O4. The van der Waals surface area contributed by atoms with Gasteiger partial charge in [0, 0.05) is 29.2 Å². The fourth-order valence-corrected chi connectivity index (χ4v) is 4.19. The second-order valence-electron chi connectivity index (χ2n) is 7.56. The third-order valence-corrected chi connectivity index (χ3v) is 5.65. The highest BCUT2D eigenvalue weighted by molar-refractivity contribution is 5.98. The largest absolute Gasteiger partial charge is 0.455 e. The summed E-state index contributed by atoms with van der Waals surface area (Å²) >= 11 is 0. The second kappa shape index (κ2) is 6.88. The highest BCUT2D eigenvalue weighted by Gasteiger charge is 2.41. The van der Waals surface area contributed by atoms with Crippen LogP contribution in [0.1, 0.15) is 29.9 Å². The molecule has 150 valence electrons. The van der Waals surface area contributed by atoms with Crippen LogP contribution in [0.15, 0.2) is 47.4 Å². The van der Waals surface area contributed by atoms with Crippen molar-refractivity contribution in [3.8, 4) is 11.3 Å². The number of nitrogens with one attached hydrogen (secondary N) is 1. The van der Waals surface area contributed by atoms with E-state index in [0.717, 1.165) is 24.0 Å². The van der Waals surface area contributed by atoms with Gasteiger partial charge in [0.05, 0.1) is 5.56 Å². The molecule has 3 atom stereocenters. The molecule has 1 aromatic heterocycles. The molecule has 2 aromatic carbocycles. The Balaban J connectivity index is 1.67. The van der Waals surface area contributed by atoms with E-state index in [1.165, 1.54) is 24.1 Å². The number of aliphatic hydroxyl groups is 1. The van der Waals surface area contributed by atoms with Crippen LogP contribution in [-0.4, -0.2) is 18.1 Å². The monoisotopic (exact) mass is 396 g/mol. The minimum absolute atomic E-state index is 0.140. The molecule has 1 aliphatic carbocycles. The number of furan rings is 1. The van der Waals surface area contributed by atoms with E-state index in [9.17, 15) is 9.50 Å². The summed E-state index contributed by atoms with van der Waals surface area (Å²) in [6, 6.07) is 10.1. The summed E-state index contributed by atoms with van der Waals surface area (Å²) in [6.07, 6.45) is 0.747. The molecule has 5 rings (SSSR count). The van der Waals surface area contributed by atoms with Gasteiger partial charge in [-0.1, -0.05) is 6.58 Å². The Morgan fingerprint density at radius 1 is 1.31 bits per heavy atom. The maximum Gasteiger partial charge on any atom is 0.254 e. The topological polar surface area (TPSA) is 89.9 Å². The van der Waals surface area contributed by atoms with Gasteiger partial charge in [-0.15, -0.1) is 4.89 Å². The van der Waals surface area contributed by atoms with Crippen molar-refractivity contribution in [2.24, 2.45) is 11.7 Å². The smallest absolute Gasteiger partial charge is 0.254 e. The van der Waals surface area contributed by atoms with Crippen molar-refractivity contribution >= 4 is 22.4 Å². The van der Waals surface area contributed by atoms with E-state index in [4.69, 9.17) is 15.0 Å². The zero-order chi connectivity index (χ0) is 20.1. The molecule has 1 saturated carbocycles. The lowest BCUT2D eigenvalue weighted by Gasteiger charge is -2.11. The average molecular weight is 396 g/mol. The van der Waals surface area contributed by atoms with Crippen LogP contribution in [0.4, 0.5) is 10.1 Å². The van der Waals surface area contributed by atoms with Crippen LogP contribution in [0, 0.1) is 11.7 Å². The molecule has 2 heterocycles. The number of rotatable bonds is 5. The van der Waals surface area contributed by atoms with E-state index in [2.05, 4.69) is 22.8 Å². The van der Waals surface area contributed by atoms with Crippen molar-refractivity contribution in [1.29, 1.82) is 0 Å². The van der Waals surface area contributed by atoms with Gasteiger partial charge in [-0.3, -0.25) is 5.73 Å². The predicted octanol–water partition coefficient (Wildman–Crippen LogP) is 4.31. The Hall–Kier alpha value is -2.87. The third kappa shape index (κ3) is 3.27. The van der Waals surface area contributed by atoms with Gasteiger partial charge in [0.1, 0.15) is 17.2 Å². The number of anilines is 1. The summed E-state index contributed by atoms with van der Waals surface area (Å²) in [7, 11) is 0. The molecule has 2 aliphatic rings. The Kier molecular flexibility index (Phi) is 4.31. The molecule has 0 radical (unpaired) electrons. The number of aliphatic hydroxyl groups excluding tert-OH is 1. The zero-order valence-electron chi connectivity index (χ0n) is 15.7. The van der Waals surface area contributed by atoms with E-state index in [0.29, 0.717) is 34.3 Å². The molecule has 0 bridgehead atoms.